The van der Waals surface area contributed by atoms with Crippen molar-refractivity contribution < 1.29 is 22.5 Å². The summed E-state index contributed by atoms with van der Waals surface area (Å²) in [6.45, 7) is 4.40. The maximum absolute atomic E-state index is 12.1. The lowest BCUT2D eigenvalue weighted by molar-refractivity contribution is -0.141. The molecule has 1 N–H and O–H groups in total. The van der Waals surface area contributed by atoms with E-state index in [1.807, 2.05) is 19.2 Å². The third kappa shape index (κ3) is 5.49. The van der Waals surface area contributed by atoms with Crippen LogP contribution in [0.15, 0.2) is 4.52 Å². The first-order valence-corrected chi connectivity index (χ1v) is 7.64. The zero-order valence-corrected chi connectivity index (χ0v) is 13.2. The van der Waals surface area contributed by atoms with Crippen molar-refractivity contribution in [3.8, 4) is 0 Å². The number of halogens is 3. The second-order valence-corrected chi connectivity index (χ2v) is 6.08. The summed E-state index contributed by atoms with van der Waals surface area (Å²) in [5, 5.41) is 5.84. The molecular formula is C14H21F3N4O2. The zero-order valence-electron chi connectivity index (χ0n) is 13.2. The van der Waals surface area contributed by atoms with Gasteiger partial charge in [-0.25, -0.2) is 0 Å². The van der Waals surface area contributed by atoms with Crippen molar-refractivity contribution in [2.24, 2.45) is 5.92 Å². The number of hydrogen-bond donors (Lipinski definition) is 1. The summed E-state index contributed by atoms with van der Waals surface area (Å²) in [5.41, 5.74) is 0. The first-order chi connectivity index (χ1) is 10.7. The number of likely N-dealkylation sites (tertiary alicyclic amines) is 1. The molecule has 0 radical (unpaired) electrons. The molecule has 0 aliphatic carbocycles. The van der Waals surface area contributed by atoms with Gasteiger partial charge in [-0.1, -0.05) is 19.0 Å². The minimum Gasteiger partial charge on any atom is -0.347 e. The molecule has 2 rings (SSSR count). The lowest BCUT2D eigenvalue weighted by atomic mass is 9.96. The van der Waals surface area contributed by atoms with Crippen LogP contribution in [0.1, 0.15) is 44.3 Å². The Labute approximate surface area is 132 Å². The molecule has 1 fully saturated rings. The van der Waals surface area contributed by atoms with Gasteiger partial charge in [0.15, 0.2) is 5.82 Å². The lowest BCUT2D eigenvalue weighted by Crippen LogP contribution is -2.42. The second-order valence-electron chi connectivity index (χ2n) is 6.08. The van der Waals surface area contributed by atoms with Gasteiger partial charge in [0.1, 0.15) is 6.54 Å². The quantitative estimate of drug-likeness (QED) is 0.893. The topological polar surface area (TPSA) is 71.3 Å². The molecule has 2 heterocycles. The van der Waals surface area contributed by atoms with Crippen molar-refractivity contribution >= 4 is 5.91 Å². The smallest absolute Gasteiger partial charge is 0.347 e. The minimum absolute atomic E-state index is 0.190. The van der Waals surface area contributed by atoms with Gasteiger partial charge in [-0.15, -0.1) is 0 Å². The van der Waals surface area contributed by atoms with E-state index in [1.165, 1.54) is 0 Å². The van der Waals surface area contributed by atoms with Crippen LogP contribution in [0.25, 0.3) is 0 Å². The van der Waals surface area contributed by atoms with E-state index in [0.717, 1.165) is 0 Å². The van der Waals surface area contributed by atoms with Gasteiger partial charge in [-0.2, -0.15) is 18.2 Å². The van der Waals surface area contributed by atoms with Crippen molar-refractivity contribution in [2.45, 2.75) is 45.3 Å². The summed E-state index contributed by atoms with van der Waals surface area (Å²) in [5.74, 6) is 0.468. The Hall–Kier alpha value is -1.64. The summed E-state index contributed by atoms with van der Waals surface area (Å²) < 4.78 is 41.5. The standard InChI is InChI=1S/C14H21F3N4O2/c1-9(2)12-19-11(23-20-12)7-21-5-3-10(4-6-21)13(22)18-8-14(15,16)17/h9-10H,3-8H2,1-2H3,(H,18,22). The zero-order chi connectivity index (χ0) is 17.0. The van der Waals surface area contributed by atoms with E-state index in [-0.39, 0.29) is 11.8 Å². The van der Waals surface area contributed by atoms with Crippen molar-refractivity contribution in [2.75, 3.05) is 19.6 Å². The van der Waals surface area contributed by atoms with E-state index in [9.17, 15) is 18.0 Å². The Bertz CT molecular complexity index is 522. The number of piperidine rings is 1. The molecular weight excluding hydrogens is 313 g/mol. The van der Waals surface area contributed by atoms with E-state index in [4.69, 9.17) is 4.52 Å². The Morgan fingerprint density at radius 2 is 2.04 bits per heavy atom. The number of aromatic nitrogens is 2. The number of rotatable bonds is 5. The Balaban J connectivity index is 1.76. The fraction of sp³-hybridized carbons (Fsp3) is 0.786. The number of amides is 1. The van der Waals surface area contributed by atoms with Gasteiger partial charge >= 0.3 is 6.18 Å². The summed E-state index contributed by atoms with van der Waals surface area (Å²) in [7, 11) is 0. The molecule has 1 aliphatic heterocycles. The predicted molar refractivity (Wildman–Crippen MR) is 75.5 cm³/mol. The summed E-state index contributed by atoms with van der Waals surface area (Å²) in [6, 6.07) is 0. The van der Waals surface area contributed by atoms with Crippen LogP contribution in [0.5, 0.6) is 0 Å². The van der Waals surface area contributed by atoms with E-state index in [1.54, 1.807) is 0 Å². The summed E-state index contributed by atoms with van der Waals surface area (Å²) >= 11 is 0. The monoisotopic (exact) mass is 334 g/mol. The van der Waals surface area contributed by atoms with Crippen molar-refractivity contribution in [1.82, 2.24) is 20.4 Å². The SMILES string of the molecule is CC(C)c1noc(CN2CCC(C(=O)NCC(F)(F)F)CC2)n1. The number of alkyl halides is 3. The van der Waals surface area contributed by atoms with Crippen LogP contribution in [0.3, 0.4) is 0 Å². The average molecular weight is 334 g/mol. The van der Waals surface area contributed by atoms with Gasteiger partial charge in [0.2, 0.25) is 11.8 Å². The number of carbonyl (C=O) groups excluding carboxylic acids is 1. The predicted octanol–water partition coefficient (Wildman–Crippen LogP) is 2.08. The first kappa shape index (κ1) is 17.7. The molecule has 23 heavy (non-hydrogen) atoms. The van der Waals surface area contributed by atoms with Crippen LogP contribution in [0.2, 0.25) is 0 Å². The molecule has 6 nitrogen and oxygen atoms in total. The maximum Gasteiger partial charge on any atom is 0.405 e. The minimum atomic E-state index is -4.37. The van der Waals surface area contributed by atoms with Crippen molar-refractivity contribution in [3.63, 3.8) is 0 Å². The highest BCUT2D eigenvalue weighted by Crippen LogP contribution is 2.20. The molecule has 1 saturated heterocycles. The highest BCUT2D eigenvalue weighted by molar-refractivity contribution is 5.78. The molecule has 0 saturated carbocycles. The largest absolute Gasteiger partial charge is 0.405 e. The Morgan fingerprint density at radius 1 is 1.39 bits per heavy atom. The Kier molecular flexibility index (Phi) is 5.61. The van der Waals surface area contributed by atoms with Crippen molar-refractivity contribution in [1.29, 1.82) is 0 Å². The van der Waals surface area contributed by atoms with E-state index in [2.05, 4.69) is 15.0 Å². The fourth-order valence-corrected chi connectivity index (χ4v) is 2.44. The second kappa shape index (κ2) is 7.29. The normalized spacial score (nSPS) is 17.7. The molecule has 1 amide bonds. The average Bonchev–Trinajstić information content (AvgIpc) is 2.93. The third-order valence-electron chi connectivity index (χ3n) is 3.78. The molecule has 0 bridgehead atoms. The summed E-state index contributed by atoms with van der Waals surface area (Å²) in [6.07, 6.45) is -3.33. The van der Waals surface area contributed by atoms with E-state index < -0.39 is 18.6 Å². The van der Waals surface area contributed by atoms with Crippen LogP contribution in [-0.2, 0) is 11.3 Å². The molecule has 0 aromatic carbocycles. The Morgan fingerprint density at radius 3 is 2.57 bits per heavy atom. The van der Waals surface area contributed by atoms with Crippen LogP contribution in [0.4, 0.5) is 13.2 Å². The van der Waals surface area contributed by atoms with Crippen LogP contribution in [-0.4, -0.2) is 46.8 Å². The highest BCUT2D eigenvalue weighted by atomic mass is 19.4. The third-order valence-corrected chi connectivity index (χ3v) is 3.78. The van der Waals surface area contributed by atoms with E-state index in [0.29, 0.717) is 44.2 Å². The molecule has 1 aliphatic rings. The van der Waals surface area contributed by atoms with Crippen LogP contribution < -0.4 is 5.32 Å². The molecule has 1 aromatic rings. The van der Waals surface area contributed by atoms with E-state index >= 15 is 0 Å². The molecule has 130 valence electrons. The van der Waals surface area contributed by atoms with Gasteiger partial charge in [0.25, 0.3) is 0 Å². The highest BCUT2D eigenvalue weighted by Gasteiger charge is 2.31. The maximum atomic E-state index is 12.1. The van der Waals surface area contributed by atoms with Gasteiger partial charge in [-0.05, 0) is 25.9 Å². The number of nitrogens with zero attached hydrogens (tertiary/aromatic N) is 3. The fourth-order valence-electron chi connectivity index (χ4n) is 2.44. The van der Waals surface area contributed by atoms with Gasteiger partial charge in [0, 0.05) is 11.8 Å². The van der Waals surface area contributed by atoms with Gasteiger partial charge < -0.3 is 9.84 Å². The number of hydrogen-bond acceptors (Lipinski definition) is 5. The number of carbonyl (C=O) groups is 1. The van der Waals surface area contributed by atoms with Crippen molar-refractivity contribution in [3.05, 3.63) is 11.7 Å². The first-order valence-electron chi connectivity index (χ1n) is 7.64. The van der Waals surface area contributed by atoms with Gasteiger partial charge in [-0.3, -0.25) is 9.69 Å². The molecule has 1 aromatic heterocycles. The van der Waals surface area contributed by atoms with Gasteiger partial charge in [0.05, 0.1) is 6.54 Å². The summed E-state index contributed by atoms with van der Waals surface area (Å²) in [4.78, 5) is 18.1. The molecule has 0 atom stereocenters. The molecule has 0 spiro atoms. The van der Waals surface area contributed by atoms with Crippen LogP contribution >= 0.6 is 0 Å². The number of nitrogens with one attached hydrogen (secondary N) is 1. The molecule has 9 heteroatoms. The van der Waals surface area contributed by atoms with Crippen LogP contribution in [0, 0.1) is 5.92 Å². The molecule has 0 unspecified atom stereocenters. The lowest BCUT2D eigenvalue weighted by Gasteiger charge is -2.30.